The number of nitrogens with two attached hydrogens (primary N) is 2. The maximum Gasteiger partial charge on any atom is 0.327 e. The van der Waals surface area contributed by atoms with Crippen molar-refractivity contribution in [3.05, 3.63) is 0 Å². The first kappa shape index (κ1) is 27.2. The van der Waals surface area contributed by atoms with E-state index in [0.29, 0.717) is 32.6 Å². The van der Waals surface area contributed by atoms with E-state index in [1.165, 1.54) is 0 Å². The van der Waals surface area contributed by atoms with E-state index in [9.17, 15) is 9.59 Å². The summed E-state index contributed by atoms with van der Waals surface area (Å²) in [5, 5.41) is 5.55. The number of rotatable bonds is 16. The first-order valence-electron chi connectivity index (χ1n) is 10.3. The number of hydrogen-bond donors (Lipinski definition) is 4. The minimum Gasteiger partial charge on any atom is -0.436 e. The van der Waals surface area contributed by atoms with E-state index in [2.05, 4.69) is 37.2 Å². The van der Waals surface area contributed by atoms with Crippen molar-refractivity contribution in [1.82, 2.24) is 10.6 Å². The lowest BCUT2D eigenvalue weighted by Gasteiger charge is -2.35. The molecule has 8 nitrogen and oxygen atoms in total. The van der Waals surface area contributed by atoms with Gasteiger partial charge in [-0.2, -0.15) is 0 Å². The van der Waals surface area contributed by atoms with Gasteiger partial charge in [0.2, 0.25) is 11.8 Å². The van der Waals surface area contributed by atoms with Gasteiger partial charge in [0.15, 0.2) is 8.32 Å². The topological polar surface area (TPSA) is 129 Å². The van der Waals surface area contributed by atoms with E-state index in [1.54, 1.807) is 7.11 Å². The fraction of sp³-hybridized carbons (Fsp3) is 0.889. The Kier molecular flexibility index (Phi) is 13.8. The lowest BCUT2D eigenvalue weighted by Crippen LogP contribution is -2.49. The van der Waals surface area contributed by atoms with Crippen LogP contribution in [-0.4, -0.2) is 62.0 Å². The van der Waals surface area contributed by atoms with Gasteiger partial charge >= 0.3 is 8.56 Å². The number of amides is 2. The van der Waals surface area contributed by atoms with Gasteiger partial charge in [-0.3, -0.25) is 9.59 Å². The Bertz CT molecular complexity index is 463. The summed E-state index contributed by atoms with van der Waals surface area (Å²) >= 11 is 0. The van der Waals surface area contributed by atoms with Crippen LogP contribution in [0.25, 0.3) is 0 Å². The zero-order chi connectivity index (χ0) is 21.6. The van der Waals surface area contributed by atoms with Crippen LogP contribution in [0.2, 0.25) is 31.7 Å². The minimum atomic E-state index is -2.30. The molecule has 28 heavy (non-hydrogen) atoms. The first-order valence-corrected chi connectivity index (χ1v) is 16.0. The molecule has 0 fully saturated rings. The third kappa shape index (κ3) is 11.9. The second kappa shape index (κ2) is 14.2. The molecule has 0 aliphatic rings. The third-order valence-electron chi connectivity index (χ3n) is 4.32. The van der Waals surface area contributed by atoms with Crippen molar-refractivity contribution in [2.24, 2.45) is 17.4 Å². The predicted octanol–water partition coefficient (Wildman–Crippen LogP) is 1.27. The lowest BCUT2D eigenvalue weighted by molar-refractivity contribution is -0.130. The molecule has 0 aliphatic heterocycles. The van der Waals surface area contributed by atoms with Gasteiger partial charge < -0.3 is 30.6 Å². The second-order valence-electron chi connectivity index (χ2n) is 8.09. The van der Waals surface area contributed by atoms with Crippen LogP contribution < -0.4 is 22.1 Å². The summed E-state index contributed by atoms with van der Waals surface area (Å²) in [6.45, 7) is 10.2. The van der Waals surface area contributed by atoms with Crippen LogP contribution in [0.4, 0.5) is 0 Å². The Hall–Kier alpha value is -0.786. The summed E-state index contributed by atoms with van der Waals surface area (Å²) < 4.78 is 12.4. The second-order valence-corrected chi connectivity index (χ2v) is 16.4. The zero-order valence-corrected chi connectivity index (χ0v) is 20.4. The van der Waals surface area contributed by atoms with Crippen molar-refractivity contribution < 1.29 is 18.1 Å². The highest BCUT2D eigenvalue weighted by Crippen LogP contribution is 2.28. The molecule has 6 N–H and O–H groups in total. The summed E-state index contributed by atoms with van der Waals surface area (Å²) in [7, 11) is -2.30. The zero-order valence-electron chi connectivity index (χ0n) is 18.4. The minimum absolute atomic E-state index is 0.125. The van der Waals surface area contributed by atoms with Crippen LogP contribution in [0.1, 0.15) is 32.6 Å². The van der Waals surface area contributed by atoms with E-state index in [0.717, 1.165) is 24.9 Å². The highest BCUT2D eigenvalue weighted by molar-refractivity contribution is 6.82. The monoisotopic (exact) mass is 434 g/mol. The molecule has 0 saturated carbocycles. The average Bonchev–Trinajstić information content (AvgIpc) is 2.62. The third-order valence-corrected chi connectivity index (χ3v) is 11.4. The molecule has 0 saturated heterocycles. The Morgan fingerprint density at radius 1 is 1.04 bits per heavy atom. The first-order chi connectivity index (χ1) is 13.1. The number of carbonyl (C=O) groups excluding carboxylic acids is 2. The Morgan fingerprint density at radius 2 is 1.64 bits per heavy atom. The van der Waals surface area contributed by atoms with Crippen molar-refractivity contribution >= 4 is 28.7 Å². The molecule has 0 spiro atoms. The van der Waals surface area contributed by atoms with Gasteiger partial charge in [0.1, 0.15) is 0 Å². The molecular formula is C18H42N4O4Si2. The normalized spacial score (nSPS) is 15.0. The molecule has 0 aromatic carbocycles. The number of nitrogens with one attached hydrogen (secondary N) is 2. The van der Waals surface area contributed by atoms with E-state index in [4.69, 9.17) is 20.0 Å². The van der Waals surface area contributed by atoms with Crippen LogP contribution in [0.15, 0.2) is 0 Å². The molecule has 0 aliphatic carbocycles. The summed E-state index contributed by atoms with van der Waals surface area (Å²) in [5.41, 5.74) is 10.9. The maximum atomic E-state index is 12.5. The molecule has 0 aromatic rings. The van der Waals surface area contributed by atoms with Gasteiger partial charge in [0.05, 0.1) is 0 Å². The smallest absolute Gasteiger partial charge is 0.327 e. The van der Waals surface area contributed by atoms with Crippen LogP contribution in [0.5, 0.6) is 0 Å². The fourth-order valence-corrected chi connectivity index (χ4v) is 11.0. The molecule has 0 radical (unpaired) electrons. The number of hydrogen-bond acceptors (Lipinski definition) is 6. The Morgan fingerprint density at radius 3 is 2.14 bits per heavy atom. The molecule has 0 rings (SSSR count). The maximum absolute atomic E-state index is 12.5. The van der Waals surface area contributed by atoms with E-state index in [-0.39, 0.29) is 24.2 Å². The molecule has 0 heterocycles. The van der Waals surface area contributed by atoms with Crippen molar-refractivity contribution in [2.75, 3.05) is 33.3 Å². The van der Waals surface area contributed by atoms with E-state index in [1.807, 2.05) is 0 Å². The van der Waals surface area contributed by atoms with Crippen molar-refractivity contribution in [1.29, 1.82) is 0 Å². The summed E-state index contributed by atoms with van der Waals surface area (Å²) in [4.78, 5) is 24.6. The molecule has 0 aromatic heterocycles. The van der Waals surface area contributed by atoms with Crippen LogP contribution in [-0.2, 0) is 18.1 Å². The van der Waals surface area contributed by atoms with Gasteiger partial charge in [-0.25, -0.2) is 0 Å². The van der Waals surface area contributed by atoms with Crippen molar-refractivity contribution in [3.8, 4) is 0 Å². The summed E-state index contributed by atoms with van der Waals surface area (Å²) in [6.07, 6.45) is 2.56. The van der Waals surface area contributed by atoms with Gasteiger partial charge in [0, 0.05) is 45.6 Å². The van der Waals surface area contributed by atoms with Crippen molar-refractivity contribution in [2.45, 2.75) is 64.3 Å². The average molecular weight is 435 g/mol. The van der Waals surface area contributed by atoms with Crippen LogP contribution >= 0.6 is 0 Å². The highest BCUT2D eigenvalue weighted by atomic mass is 28.4. The standard InChI is InChI=1S/C18H42N4O4Si2/c1-6-13-28(25-2,26-27(3,4)5)14-7-8-16(18(24)22-12-10-20)15-17(23)21-11-9-19/h16H,6-15,19-20H2,1-5H3,(H,21,23)(H,22,24). The van der Waals surface area contributed by atoms with Gasteiger partial charge in [-0.05, 0) is 38.2 Å². The molecular weight excluding hydrogens is 392 g/mol. The quantitative estimate of drug-likeness (QED) is 0.271. The SMILES string of the molecule is CCC[Si](CCCC(CC(=O)NCCN)C(=O)NCCN)(OC)O[Si](C)(C)C. The molecule has 2 atom stereocenters. The predicted molar refractivity (Wildman–Crippen MR) is 119 cm³/mol. The summed E-state index contributed by atoms with van der Waals surface area (Å²) in [5.74, 6) is -0.665. The molecule has 2 amide bonds. The molecule has 10 heteroatoms. The van der Waals surface area contributed by atoms with Crippen LogP contribution in [0.3, 0.4) is 0 Å². The van der Waals surface area contributed by atoms with E-state index >= 15 is 0 Å². The number of carbonyl (C=O) groups is 2. The van der Waals surface area contributed by atoms with Gasteiger partial charge in [-0.15, -0.1) is 0 Å². The van der Waals surface area contributed by atoms with Crippen LogP contribution in [0, 0.1) is 5.92 Å². The molecule has 0 bridgehead atoms. The Labute approximate surface area is 172 Å². The highest BCUT2D eigenvalue weighted by Gasteiger charge is 2.39. The Balaban J connectivity index is 4.98. The van der Waals surface area contributed by atoms with Crippen molar-refractivity contribution in [3.63, 3.8) is 0 Å². The summed E-state index contributed by atoms with van der Waals surface area (Å²) in [6, 6.07) is 1.77. The van der Waals surface area contributed by atoms with Gasteiger partial charge in [-0.1, -0.05) is 19.8 Å². The largest absolute Gasteiger partial charge is 0.436 e. The molecule has 166 valence electrons. The van der Waals surface area contributed by atoms with E-state index < -0.39 is 16.9 Å². The van der Waals surface area contributed by atoms with Gasteiger partial charge in [0.25, 0.3) is 0 Å². The lowest BCUT2D eigenvalue weighted by atomic mass is 9.98. The molecule has 2 unspecified atom stereocenters. The fourth-order valence-electron chi connectivity index (χ4n) is 3.20.